The fourth-order valence-corrected chi connectivity index (χ4v) is 1.60. The van der Waals surface area contributed by atoms with Gasteiger partial charge < -0.3 is 0 Å². The van der Waals surface area contributed by atoms with E-state index in [9.17, 15) is 14.9 Å². The van der Waals surface area contributed by atoms with E-state index < -0.39 is 10.8 Å². The molecule has 86 valence electrons. The maximum atomic E-state index is 11.9. The van der Waals surface area contributed by atoms with Gasteiger partial charge in [-0.3, -0.25) is 14.9 Å². The molecular weight excluding hydrogens is 206 g/mol. The number of rotatable bonds is 5. The molecule has 0 radical (unpaired) electrons. The maximum Gasteiger partial charge on any atom is 0.217 e. The summed E-state index contributed by atoms with van der Waals surface area (Å²) >= 11 is 0. The van der Waals surface area contributed by atoms with Gasteiger partial charge in [0, 0.05) is 10.8 Å². The van der Waals surface area contributed by atoms with Crippen LogP contribution in [0.1, 0.15) is 25.3 Å². The number of benzene rings is 1. The molecule has 16 heavy (non-hydrogen) atoms. The SMILES string of the molecule is CC(C)C(=O)[C@H](C[N+](=O)[O-])c1ccccc1. The lowest BCUT2D eigenvalue weighted by Crippen LogP contribution is -2.24. The summed E-state index contributed by atoms with van der Waals surface area (Å²) in [6, 6.07) is 8.92. The Bertz CT molecular complexity index is 373. The van der Waals surface area contributed by atoms with Crippen LogP contribution in [0.3, 0.4) is 0 Å². The zero-order valence-electron chi connectivity index (χ0n) is 9.42. The second-order valence-electron chi connectivity index (χ2n) is 4.04. The van der Waals surface area contributed by atoms with E-state index in [1.807, 2.05) is 6.07 Å². The molecule has 0 aliphatic carbocycles. The fourth-order valence-electron chi connectivity index (χ4n) is 1.60. The van der Waals surface area contributed by atoms with Crippen LogP contribution in [0.25, 0.3) is 0 Å². The van der Waals surface area contributed by atoms with Gasteiger partial charge in [-0.2, -0.15) is 0 Å². The first-order valence-electron chi connectivity index (χ1n) is 5.23. The van der Waals surface area contributed by atoms with Crippen molar-refractivity contribution in [3.8, 4) is 0 Å². The zero-order chi connectivity index (χ0) is 12.1. The fraction of sp³-hybridized carbons (Fsp3) is 0.417. The molecule has 1 atom stereocenters. The molecule has 0 N–H and O–H groups in total. The van der Waals surface area contributed by atoms with Gasteiger partial charge in [0.1, 0.15) is 11.7 Å². The number of nitrogens with zero attached hydrogens (tertiary/aromatic N) is 1. The highest BCUT2D eigenvalue weighted by atomic mass is 16.6. The second kappa shape index (κ2) is 5.39. The molecule has 0 saturated carbocycles. The summed E-state index contributed by atoms with van der Waals surface area (Å²) in [5.41, 5.74) is 0.720. The van der Waals surface area contributed by atoms with Gasteiger partial charge in [-0.25, -0.2) is 0 Å². The van der Waals surface area contributed by atoms with E-state index in [1.54, 1.807) is 38.1 Å². The molecule has 0 aromatic heterocycles. The standard InChI is InChI=1S/C12H15NO3/c1-9(2)12(14)11(8-13(15)16)10-6-4-3-5-7-10/h3-7,9,11H,8H2,1-2H3/t11-/m1/s1. The van der Waals surface area contributed by atoms with E-state index in [4.69, 9.17) is 0 Å². The van der Waals surface area contributed by atoms with Gasteiger partial charge in [0.15, 0.2) is 0 Å². The quantitative estimate of drug-likeness (QED) is 0.566. The number of nitro groups is 1. The van der Waals surface area contributed by atoms with Crippen molar-refractivity contribution in [2.24, 2.45) is 5.92 Å². The first-order valence-corrected chi connectivity index (χ1v) is 5.23. The first-order chi connectivity index (χ1) is 7.52. The molecule has 1 aromatic rings. The van der Waals surface area contributed by atoms with Crippen molar-refractivity contribution >= 4 is 5.78 Å². The third-order valence-electron chi connectivity index (χ3n) is 2.45. The predicted molar refractivity (Wildman–Crippen MR) is 60.9 cm³/mol. The smallest absolute Gasteiger partial charge is 0.217 e. The Labute approximate surface area is 94.4 Å². The maximum absolute atomic E-state index is 11.9. The van der Waals surface area contributed by atoms with Crippen LogP contribution in [0.15, 0.2) is 30.3 Å². The Hall–Kier alpha value is -1.71. The summed E-state index contributed by atoms with van der Waals surface area (Å²) < 4.78 is 0. The van der Waals surface area contributed by atoms with Gasteiger partial charge in [0.2, 0.25) is 6.54 Å². The molecule has 1 aromatic carbocycles. The average Bonchev–Trinajstić information content (AvgIpc) is 2.26. The molecule has 0 heterocycles. The number of ketones is 1. The molecule has 0 aliphatic rings. The molecule has 1 rings (SSSR count). The van der Waals surface area contributed by atoms with E-state index in [1.165, 1.54) is 0 Å². The lowest BCUT2D eigenvalue weighted by atomic mass is 9.89. The molecule has 4 nitrogen and oxygen atoms in total. The minimum atomic E-state index is -0.629. The number of Topliss-reactive ketones (excluding diaryl/α,β-unsaturated/α-hetero) is 1. The zero-order valence-corrected chi connectivity index (χ0v) is 9.42. The Kier molecular flexibility index (Phi) is 4.17. The van der Waals surface area contributed by atoms with Crippen LogP contribution in [0.2, 0.25) is 0 Å². The Morgan fingerprint density at radius 1 is 1.31 bits per heavy atom. The van der Waals surface area contributed by atoms with Gasteiger partial charge in [-0.1, -0.05) is 44.2 Å². The van der Waals surface area contributed by atoms with Crippen molar-refractivity contribution < 1.29 is 9.72 Å². The van der Waals surface area contributed by atoms with Crippen LogP contribution >= 0.6 is 0 Å². The third-order valence-corrected chi connectivity index (χ3v) is 2.45. The topological polar surface area (TPSA) is 60.2 Å². The molecule has 0 fully saturated rings. The van der Waals surface area contributed by atoms with E-state index in [0.717, 1.165) is 5.56 Å². The van der Waals surface area contributed by atoms with Crippen molar-refractivity contribution in [2.45, 2.75) is 19.8 Å². The largest absolute Gasteiger partial charge is 0.298 e. The van der Waals surface area contributed by atoms with E-state index in [0.29, 0.717) is 0 Å². The van der Waals surface area contributed by atoms with Crippen molar-refractivity contribution in [2.75, 3.05) is 6.54 Å². The van der Waals surface area contributed by atoms with Gasteiger partial charge in [0.25, 0.3) is 0 Å². The molecule has 0 amide bonds. The lowest BCUT2D eigenvalue weighted by molar-refractivity contribution is -0.481. The minimum absolute atomic E-state index is 0.0806. The van der Waals surface area contributed by atoms with Gasteiger partial charge in [-0.05, 0) is 5.56 Å². The molecular formula is C12H15NO3. The third kappa shape index (κ3) is 3.15. The van der Waals surface area contributed by atoms with E-state index >= 15 is 0 Å². The van der Waals surface area contributed by atoms with Crippen molar-refractivity contribution in [3.05, 3.63) is 46.0 Å². The van der Waals surface area contributed by atoms with Gasteiger partial charge >= 0.3 is 0 Å². The van der Waals surface area contributed by atoms with Crippen LogP contribution in [-0.2, 0) is 4.79 Å². The summed E-state index contributed by atoms with van der Waals surface area (Å²) in [6.45, 7) is 3.19. The lowest BCUT2D eigenvalue weighted by Gasteiger charge is -2.14. The van der Waals surface area contributed by atoms with Crippen molar-refractivity contribution in [3.63, 3.8) is 0 Å². The van der Waals surface area contributed by atoms with Crippen molar-refractivity contribution in [1.29, 1.82) is 0 Å². The first kappa shape index (κ1) is 12.4. The monoisotopic (exact) mass is 221 g/mol. The summed E-state index contributed by atoms with van der Waals surface area (Å²) in [5.74, 6) is -0.899. The highest BCUT2D eigenvalue weighted by Crippen LogP contribution is 2.20. The minimum Gasteiger partial charge on any atom is -0.298 e. The number of carbonyl (C=O) groups is 1. The number of carbonyl (C=O) groups excluding carboxylic acids is 1. The molecule has 4 heteroatoms. The molecule has 0 spiro atoms. The predicted octanol–water partition coefficient (Wildman–Crippen LogP) is 2.27. The van der Waals surface area contributed by atoms with Crippen LogP contribution in [0.4, 0.5) is 0 Å². The number of hydrogen-bond donors (Lipinski definition) is 0. The summed E-state index contributed by atoms with van der Waals surface area (Å²) in [5, 5.41) is 10.6. The van der Waals surface area contributed by atoms with Crippen LogP contribution in [-0.4, -0.2) is 17.3 Å². The van der Waals surface area contributed by atoms with Gasteiger partial charge in [-0.15, -0.1) is 0 Å². The summed E-state index contributed by atoms with van der Waals surface area (Å²) in [7, 11) is 0. The second-order valence-corrected chi connectivity index (χ2v) is 4.04. The van der Waals surface area contributed by atoms with E-state index in [2.05, 4.69) is 0 Å². The van der Waals surface area contributed by atoms with E-state index in [-0.39, 0.29) is 18.2 Å². The molecule has 0 bridgehead atoms. The Balaban J connectivity index is 2.96. The van der Waals surface area contributed by atoms with Crippen LogP contribution in [0, 0.1) is 16.0 Å². The Morgan fingerprint density at radius 2 is 1.88 bits per heavy atom. The van der Waals surface area contributed by atoms with Crippen LogP contribution < -0.4 is 0 Å². The van der Waals surface area contributed by atoms with Crippen molar-refractivity contribution in [1.82, 2.24) is 0 Å². The highest BCUT2D eigenvalue weighted by molar-refractivity contribution is 5.87. The molecule has 0 unspecified atom stereocenters. The molecule has 0 saturated heterocycles. The number of hydrogen-bond acceptors (Lipinski definition) is 3. The highest BCUT2D eigenvalue weighted by Gasteiger charge is 2.27. The van der Waals surface area contributed by atoms with Gasteiger partial charge in [0.05, 0.1) is 0 Å². The normalized spacial score (nSPS) is 12.4. The summed E-state index contributed by atoms with van der Waals surface area (Å²) in [6.07, 6.45) is 0. The average molecular weight is 221 g/mol. The van der Waals surface area contributed by atoms with Crippen LogP contribution in [0.5, 0.6) is 0 Å². The summed E-state index contributed by atoms with van der Waals surface area (Å²) in [4.78, 5) is 22.0. The molecule has 0 aliphatic heterocycles. The Morgan fingerprint density at radius 3 is 2.31 bits per heavy atom.